The van der Waals surface area contributed by atoms with Gasteiger partial charge in [0.15, 0.2) is 0 Å². The van der Waals surface area contributed by atoms with Crippen molar-refractivity contribution in [2.75, 3.05) is 11.9 Å². The quantitative estimate of drug-likeness (QED) is 0.578. The van der Waals surface area contributed by atoms with Gasteiger partial charge in [0.25, 0.3) is 0 Å². The second kappa shape index (κ2) is 7.22. The van der Waals surface area contributed by atoms with Crippen LogP contribution < -0.4 is 11.1 Å². The zero-order valence-electron chi connectivity index (χ0n) is 10.6. The smallest absolute Gasteiger partial charge is 0.124 e. The number of anilines is 1. The van der Waals surface area contributed by atoms with Gasteiger partial charge in [-0.25, -0.2) is 0 Å². The van der Waals surface area contributed by atoms with E-state index in [9.17, 15) is 0 Å². The van der Waals surface area contributed by atoms with Crippen LogP contribution in [-0.4, -0.2) is 16.5 Å². The van der Waals surface area contributed by atoms with E-state index in [0.29, 0.717) is 10.7 Å². The lowest BCUT2D eigenvalue weighted by Gasteiger charge is -2.10. The Hall–Kier alpha value is -1.16. The van der Waals surface area contributed by atoms with Crippen LogP contribution in [0.2, 0.25) is 0 Å². The Balaban J connectivity index is 2.39. The van der Waals surface area contributed by atoms with Gasteiger partial charge >= 0.3 is 0 Å². The number of unbranched alkanes of at least 4 members (excludes halogenated alkanes) is 1. The van der Waals surface area contributed by atoms with Crippen molar-refractivity contribution in [2.24, 2.45) is 11.7 Å². The lowest BCUT2D eigenvalue weighted by atomic mass is 10.1. The van der Waals surface area contributed by atoms with Crippen LogP contribution in [0.15, 0.2) is 18.3 Å². The predicted molar refractivity (Wildman–Crippen MR) is 77.3 cm³/mol. The molecule has 0 saturated heterocycles. The summed E-state index contributed by atoms with van der Waals surface area (Å²) >= 11 is 4.96. The number of aromatic nitrogens is 1. The fourth-order valence-corrected chi connectivity index (χ4v) is 1.81. The first kappa shape index (κ1) is 13.9. The van der Waals surface area contributed by atoms with Crippen LogP contribution in [0.4, 0.5) is 5.69 Å². The molecule has 0 spiro atoms. The van der Waals surface area contributed by atoms with Crippen LogP contribution in [0.1, 0.15) is 38.8 Å². The number of nitrogens with one attached hydrogen (secondary N) is 1. The molecule has 0 amide bonds. The van der Waals surface area contributed by atoms with Gasteiger partial charge in [-0.2, -0.15) is 0 Å². The molecule has 4 heteroatoms. The normalized spacial score (nSPS) is 10.5. The summed E-state index contributed by atoms with van der Waals surface area (Å²) in [6.45, 7) is 5.44. The molecule has 0 atom stereocenters. The maximum atomic E-state index is 5.61. The van der Waals surface area contributed by atoms with Gasteiger partial charge in [-0.05, 0) is 24.5 Å². The number of pyridine rings is 1. The van der Waals surface area contributed by atoms with Crippen LogP contribution >= 0.6 is 12.2 Å². The summed E-state index contributed by atoms with van der Waals surface area (Å²) < 4.78 is 0. The van der Waals surface area contributed by atoms with Gasteiger partial charge in [0, 0.05) is 12.7 Å². The second-order valence-electron chi connectivity index (χ2n) is 4.58. The summed E-state index contributed by atoms with van der Waals surface area (Å²) in [6.07, 6.45) is 5.38. The van der Waals surface area contributed by atoms with E-state index in [1.54, 1.807) is 6.20 Å². The van der Waals surface area contributed by atoms with E-state index < -0.39 is 0 Å². The van der Waals surface area contributed by atoms with Gasteiger partial charge in [-0.3, -0.25) is 4.98 Å². The van der Waals surface area contributed by atoms with E-state index in [2.05, 4.69) is 24.1 Å². The average Bonchev–Trinajstić information content (AvgIpc) is 2.28. The molecule has 94 valence electrons. The first-order valence-corrected chi connectivity index (χ1v) is 6.50. The molecule has 0 bridgehead atoms. The molecular weight excluding hydrogens is 230 g/mol. The highest BCUT2D eigenvalue weighted by Crippen LogP contribution is 2.12. The summed E-state index contributed by atoms with van der Waals surface area (Å²) in [5, 5.41) is 3.34. The molecule has 1 rings (SSSR count). The van der Waals surface area contributed by atoms with Crippen molar-refractivity contribution in [3.05, 3.63) is 24.0 Å². The van der Waals surface area contributed by atoms with Gasteiger partial charge in [0.2, 0.25) is 0 Å². The lowest BCUT2D eigenvalue weighted by Crippen LogP contribution is -2.15. The fourth-order valence-electron chi connectivity index (χ4n) is 1.64. The van der Waals surface area contributed by atoms with Gasteiger partial charge in [0.05, 0.1) is 5.69 Å². The molecule has 1 aromatic rings. The fraction of sp³-hybridized carbons (Fsp3) is 0.538. The molecule has 0 aliphatic heterocycles. The molecule has 0 aromatic carbocycles. The zero-order valence-corrected chi connectivity index (χ0v) is 11.4. The van der Waals surface area contributed by atoms with Gasteiger partial charge in [0.1, 0.15) is 10.7 Å². The Kier molecular flexibility index (Phi) is 5.91. The molecule has 3 N–H and O–H groups in total. The van der Waals surface area contributed by atoms with Crippen LogP contribution in [0.25, 0.3) is 0 Å². The van der Waals surface area contributed by atoms with Gasteiger partial charge in [-0.1, -0.05) is 38.9 Å². The Morgan fingerprint density at radius 2 is 2.24 bits per heavy atom. The molecule has 3 nitrogen and oxygen atoms in total. The minimum Gasteiger partial charge on any atom is -0.388 e. The van der Waals surface area contributed by atoms with Crippen LogP contribution in [0.5, 0.6) is 0 Å². The van der Waals surface area contributed by atoms with Crippen molar-refractivity contribution in [1.82, 2.24) is 4.98 Å². The van der Waals surface area contributed by atoms with Crippen LogP contribution in [0, 0.1) is 5.92 Å². The van der Waals surface area contributed by atoms with E-state index >= 15 is 0 Å². The maximum absolute atomic E-state index is 5.61. The van der Waals surface area contributed by atoms with Crippen LogP contribution in [-0.2, 0) is 0 Å². The minimum absolute atomic E-state index is 0.343. The molecule has 1 heterocycles. The van der Waals surface area contributed by atoms with Crippen molar-refractivity contribution in [3.63, 3.8) is 0 Å². The monoisotopic (exact) mass is 251 g/mol. The predicted octanol–water partition coefficient (Wildman–Crippen LogP) is 2.95. The first-order chi connectivity index (χ1) is 8.11. The standard InChI is InChI=1S/C13H21N3S/c1-10(2)6-3-4-8-15-11-7-5-9-16-12(11)13(14)17/h5,7,9-10,15H,3-4,6,8H2,1-2H3,(H2,14,17). The van der Waals surface area contributed by atoms with E-state index in [1.165, 1.54) is 12.8 Å². The molecule has 17 heavy (non-hydrogen) atoms. The zero-order chi connectivity index (χ0) is 12.7. The Morgan fingerprint density at radius 3 is 2.88 bits per heavy atom. The number of thiocarbonyl (C=S) groups is 1. The van der Waals surface area contributed by atoms with Crippen molar-refractivity contribution in [1.29, 1.82) is 0 Å². The van der Waals surface area contributed by atoms with Crippen LogP contribution in [0.3, 0.4) is 0 Å². The average molecular weight is 251 g/mol. The summed E-state index contributed by atoms with van der Waals surface area (Å²) in [5.41, 5.74) is 7.23. The molecular formula is C13H21N3S. The molecule has 0 fully saturated rings. The molecule has 0 unspecified atom stereocenters. The third-order valence-electron chi connectivity index (χ3n) is 2.56. The summed E-state index contributed by atoms with van der Waals surface area (Å²) in [4.78, 5) is 4.52. The van der Waals surface area contributed by atoms with Crippen molar-refractivity contribution < 1.29 is 0 Å². The maximum Gasteiger partial charge on any atom is 0.124 e. The topological polar surface area (TPSA) is 50.9 Å². The van der Waals surface area contributed by atoms with Gasteiger partial charge < -0.3 is 11.1 Å². The molecule has 0 radical (unpaired) electrons. The van der Waals surface area contributed by atoms with E-state index in [0.717, 1.165) is 24.6 Å². The number of nitrogens with zero attached hydrogens (tertiary/aromatic N) is 1. The molecule has 0 aliphatic rings. The summed E-state index contributed by atoms with van der Waals surface area (Å²) in [6, 6.07) is 3.85. The van der Waals surface area contributed by atoms with E-state index in [1.807, 2.05) is 12.1 Å². The summed E-state index contributed by atoms with van der Waals surface area (Å²) in [7, 11) is 0. The SMILES string of the molecule is CC(C)CCCCNc1cccnc1C(N)=S. The number of hydrogen-bond acceptors (Lipinski definition) is 3. The number of hydrogen-bond donors (Lipinski definition) is 2. The highest BCUT2D eigenvalue weighted by Gasteiger charge is 2.04. The third kappa shape index (κ3) is 5.13. The molecule has 1 aromatic heterocycles. The van der Waals surface area contributed by atoms with Gasteiger partial charge in [-0.15, -0.1) is 0 Å². The highest BCUT2D eigenvalue weighted by molar-refractivity contribution is 7.80. The summed E-state index contributed by atoms with van der Waals surface area (Å²) in [5.74, 6) is 0.778. The van der Waals surface area contributed by atoms with Crippen molar-refractivity contribution >= 4 is 22.9 Å². The Morgan fingerprint density at radius 1 is 1.47 bits per heavy atom. The Bertz CT molecular complexity index is 363. The number of rotatable bonds is 7. The Labute approximate surface area is 109 Å². The van der Waals surface area contributed by atoms with Crippen molar-refractivity contribution in [2.45, 2.75) is 33.1 Å². The van der Waals surface area contributed by atoms with E-state index in [-0.39, 0.29) is 0 Å². The van der Waals surface area contributed by atoms with E-state index in [4.69, 9.17) is 18.0 Å². The molecule has 0 aliphatic carbocycles. The largest absolute Gasteiger partial charge is 0.388 e. The van der Waals surface area contributed by atoms with Crippen molar-refractivity contribution in [3.8, 4) is 0 Å². The third-order valence-corrected chi connectivity index (χ3v) is 2.76. The first-order valence-electron chi connectivity index (χ1n) is 6.10. The lowest BCUT2D eigenvalue weighted by molar-refractivity contribution is 0.545. The molecule has 0 saturated carbocycles. The minimum atomic E-state index is 0.343. The second-order valence-corrected chi connectivity index (χ2v) is 5.02. The number of nitrogens with two attached hydrogens (primary N) is 1. The highest BCUT2D eigenvalue weighted by atomic mass is 32.1.